The molecule has 1 N–H and O–H groups in total. The van der Waals surface area contributed by atoms with Gasteiger partial charge >= 0.3 is 0 Å². The highest BCUT2D eigenvalue weighted by molar-refractivity contribution is 9.10. The Hall–Kier alpha value is -0.210. The number of phenols is 1. The fraction of sp³-hybridized carbons (Fsp3) is 0.400. The van der Waals surface area contributed by atoms with E-state index < -0.39 is 0 Å². The lowest BCUT2D eigenvalue weighted by atomic mass is 9.86. The average Bonchev–Trinajstić information content (AvgIpc) is 2.09. The van der Waals surface area contributed by atoms with Crippen LogP contribution >= 0.6 is 27.5 Å². The minimum absolute atomic E-state index is 0.199. The maximum atomic E-state index is 9.62. The van der Waals surface area contributed by atoms with E-state index in [0.717, 1.165) is 10.0 Å². The fourth-order valence-electron chi connectivity index (χ4n) is 1.12. The molecule has 13 heavy (non-hydrogen) atoms. The molecule has 1 rings (SSSR count). The first-order chi connectivity index (χ1) is 5.97. The molecule has 0 radical (unpaired) electrons. The van der Waals surface area contributed by atoms with Crippen molar-refractivity contribution in [2.24, 2.45) is 0 Å². The largest absolute Gasteiger partial charge is 0.508 e. The highest BCUT2D eigenvalue weighted by Crippen LogP contribution is 2.33. The topological polar surface area (TPSA) is 20.2 Å². The average molecular weight is 264 g/mol. The summed E-state index contributed by atoms with van der Waals surface area (Å²) in [5.74, 6) is 0.783. The van der Waals surface area contributed by atoms with Gasteiger partial charge in [0, 0.05) is 21.3 Å². The molecule has 0 atom stereocenters. The zero-order valence-electron chi connectivity index (χ0n) is 7.64. The molecule has 0 aliphatic carbocycles. The van der Waals surface area contributed by atoms with E-state index in [1.807, 2.05) is 26.0 Å². The first-order valence-electron chi connectivity index (χ1n) is 4.02. The molecule has 0 heterocycles. The Kier molecular flexibility index (Phi) is 3.25. The maximum Gasteiger partial charge on any atom is 0.119 e. The van der Waals surface area contributed by atoms with Gasteiger partial charge < -0.3 is 5.11 Å². The predicted octanol–water partition coefficient (Wildman–Crippen LogP) is 3.67. The molecule has 0 amide bonds. The van der Waals surface area contributed by atoms with Gasteiger partial charge in [0.15, 0.2) is 0 Å². The number of alkyl halides is 1. The molecular formula is C10H12BrClO. The molecule has 72 valence electrons. The van der Waals surface area contributed by atoms with Crippen molar-refractivity contribution in [2.75, 3.05) is 5.88 Å². The van der Waals surface area contributed by atoms with Gasteiger partial charge in [-0.1, -0.05) is 29.8 Å². The van der Waals surface area contributed by atoms with Gasteiger partial charge in [-0.15, -0.1) is 11.6 Å². The molecule has 1 nitrogen and oxygen atoms in total. The van der Waals surface area contributed by atoms with E-state index in [-0.39, 0.29) is 5.41 Å². The van der Waals surface area contributed by atoms with Crippen LogP contribution in [0.3, 0.4) is 0 Å². The summed E-state index contributed by atoms with van der Waals surface area (Å²) in [7, 11) is 0. The molecular weight excluding hydrogens is 251 g/mol. The highest BCUT2D eigenvalue weighted by atomic mass is 79.9. The lowest BCUT2D eigenvalue weighted by Crippen LogP contribution is -2.19. The van der Waals surface area contributed by atoms with Crippen LogP contribution in [-0.4, -0.2) is 11.0 Å². The highest BCUT2D eigenvalue weighted by Gasteiger charge is 2.22. The van der Waals surface area contributed by atoms with E-state index in [0.29, 0.717) is 11.6 Å². The van der Waals surface area contributed by atoms with Crippen LogP contribution in [0.5, 0.6) is 5.75 Å². The van der Waals surface area contributed by atoms with Crippen molar-refractivity contribution in [3.63, 3.8) is 0 Å². The molecule has 0 bridgehead atoms. The minimum atomic E-state index is -0.199. The van der Waals surface area contributed by atoms with Crippen LogP contribution in [0, 0.1) is 0 Å². The fourth-order valence-corrected chi connectivity index (χ4v) is 1.63. The van der Waals surface area contributed by atoms with E-state index in [1.165, 1.54) is 0 Å². The van der Waals surface area contributed by atoms with Crippen LogP contribution in [0.2, 0.25) is 0 Å². The van der Waals surface area contributed by atoms with Gasteiger partial charge in [-0.05, 0) is 18.2 Å². The summed E-state index contributed by atoms with van der Waals surface area (Å²) < 4.78 is 0.957. The van der Waals surface area contributed by atoms with Crippen molar-refractivity contribution in [1.82, 2.24) is 0 Å². The molecule has 0 spiro atoms. The third-order valence-electron chi connectivity index (χ3n) is 2.02. The summed E-state index contributed by atoms with van der Waals surface area (Å²) in [6.45, 7) is 4.00. The zero-order valence-corrected chi connectivity index (χ0v) is 9.98. The Bertz CT molecular complexity index is 310. The normalized spacial score (nSPS) is 11.7. The molecule has 3 heteroatoms. The number of hydrogen-bond acceptors (Lipinski definition) is 1. The van der Waals surface area contributed by atoms with Crippen LogP contribution in [-0.2, 0) is 5.41 Å². The van der Waals surface area contributed by atoms with Gasteiger partial charge in [0.05, 0.1) is 0 Å². The third kappa shape index (κ3) is 2.38. The van der Waals surface area contributed by atoms with Crippen molar-refractivity contribution in [1.29, 1.82) is 0 Å². The number of hydrogen-bond donors (Lipinski definition) is 1. The Morgan fingerprint density at radius 2 is 2.08 bits per heavy atom. The Morgan fingerprint density at radius 3 is 2.62 bits per heavy atom. The molecule has 1 aromatic rings. The van der Waals surface area contributed by atoms with Gasteiger partial charge in [0.2, 0.25) is 0 Å². The summed E-state index contributed by atoms with van der Waals surface area (Å²) in [4.78, 5) is 0. The SMILES string of the molecule is CC(C)(CCl)c1cc(Br)ccc1O. The van der Waals surface area contributed by atoms with E-state index in [4.69, 9.17) is 11.6 Å². The molecule has 0 unspecified atom stereocenters. The third-order valence-corrected chi connectivity index (χ3v) is 3.18. The Labute approximate surface area is 91.9 Å². The van der Waals surface area contributed by atoms with Crippen molar-refractivity contribution in [3.05, 3.63) is 28.2 Å². The van der Waals surface area contributed by atoms with Crippen molar-refractivity contribution in [2.45, 2.75) is 19.3 Å². The smallest absolute Gasteiger partial charge is 0.119 e. The lowest BCUT2D eigenvalue weighted by molar-refractivity contribution is 0.447. The first-order valence-corrected chi connectivity index (χ1v) is 5.35. The van der Waals surface area contributed by atoms with Gasteiger partial charge in [-0.25, -0.2) is 0 Å². The van der Waals surface area contributed by atoms with Gasteiger partial charge in [0.25, 0.3) is 0 Å². The van der Waals surface area contributed by atoms with Crippen LogP contribution in [0.25, 0.3) is 0 Å². The predicted molar refractivity (Wildman–Crippen MR) is 59.6 cm³/mol. The molecule has 0 aromatic heterocycles. The number of aromatic hydroxyl groups is 1. The van der Waals surface area contributed by atoms with E-state index in [9.17, 15) is 5.11 Å². The second-order valence-corrected chi connectivity index (χ2v) is 4.86. The quantitative estimate of drug-likeness (QED) is 0.807. The first kappa shape index (κ1) is 10.9. The van der Waals surface area contributed by atoms with Gasteiger partial charge in [-0.2, -0.15) is 0 Å². The molecule has 0 saturated heterocycles. The van der Waals surface area contributed by atoms with Crippen molar-refractivity contribution < 1.29 is 5.11 Å². The van der Waals surface area contributed by atoms with Crippen molar-refractivity contribution in [3.8, 4) is 5.75 Å². The summed E-state index contributed by atoms with van der Waals surface area (Å²) in [6, 6.07) is 5.38. The molecule has 0 aliphatic rings. The molecule has 0 aliphatic heterocycles. The second kappa shape index (κ2) is 3.89. The van der Waals surface area contributed by atoms with Crippen LogP contribution in [0.4, 0.5) is 0 Å². The van der Waals surface area contributed by atoms with Crippen LogP contribution in [0.15, 0.2) is 22.7 Å². The van der Waals surface area contributed by atoms with Gasteiger partial charge in [0.1, 0.15) is 5.75 Å². The summed E-state index contributed by atoms with van der Waals surface area (Å²) in [5, 5.41) is 9.62. The molecule has 1 aromatic carbocycles. The summed E-state index contributed by atoms with van der Waals surface area (Å²) in [5.41, 5.74) is 0.673. The van der Waals surface area contributed by atoms with Gasteiger partial charge in [-0.3, -0.25) is 0 Å². The van der Waals surface area contributed by atoms with E-state index in [2.05, 4.69) is 15.9 Å². The van der Waals surface area contributed by atoms with Crippen LogP contribution in [0.1, 0.15) is 19.4 Å². The summed E-state index contributed by atoms with van der Waals surface area (Å²) >= 11 is 9.19. The van der Waals surface area contributed by atoms with Crippen LogP contribution < -0.4 is 0 Å². The Balaban J connectivity index is 3.20. The lowest BCUT2D eigenvalue weighted by Gasteiger charge is -2.23. The molecule has 0 saturated carbocycles. The number of halogens is 2. The number of rotatable bonds is 2. The van der Waals surface area contributed by atoms with Crippen molar-refractivity contribution >= 4 is 27.5 Å². The summed E-state index contributed by atoms with van der Waals surface area (Å²) in [6.07, 6.45) is 0. The maximum absolute atomic E-state index is 9.62. The minimum Gasteiger partial charge on any atom is -0.508 e. The van der Waals surface area contributed by atoms with E-state index in [1.54, 1.807) is 6.07 Å². The molecule has 0 fully saturated rings. The zero-order chi connectivity index (χ0) is 10.1. The standard InChI is InChI=1S/C10H12BrClO/c1-10(2,6-12)8-5-7(11)3-4-9(8)13/h3-5,13H,6H2,1-2H3. The van der Waals surface area contributed by atoms with E-state index >= 15 is 0 Å². The second-order valence-electron chi connectivity index (χ2n) is 3.68. The number of benzene rings is 1. The Morgan fingerprint density at radius 1 is 1.46 bits per heavy atom. The monoisotopic (exact) mass is 262 g/mol. The number of phenolic OH excluding ortho intramolecular Hbond substituents is 1.